The fraction of sp³-hybridized carbons (Fsp3) is 0.118. The Balaban J connectivity index is 2.23. The van der Waals surface area contributed by atoms with Crippen LogP contribution in [0.3, 0.4) is 0 Å². The molecule has 0 N–H and O–H groups in total. The van der Waals surface area contributed by atoms with Crippen LogP contribution in [0.2, 0.25) is 0 Å². The highest BCUT2D eigenvalue weighted by Crippen LogP contribution is 2.28. The van der Waals surface area contributed by atoms with Crippen LogP contribution >= 0.6 is 27.7 Å². The fourth-order valence-corrected chi connectivity index (χ4v) is 2.83. The van der Waals surface area contributed by atoms with E-state index in [0.717, 1.165) is 20.7 Å². The summed E-state index contributed by atoms with van der Waals surface area (Å²) in [5.74, 6) is 0.680. The smallest absolute Gasteiger partial charge is 0.185 e. The first-order valence-electron chi connectivity index (χ1n) is 6.34. The minimum Gasteiger partial charge on any atom is -0.496 e. The zero-order valence-electron chi connectivity index (χ0n) is 11.8. The lowest BCUT2D eigenvalue weighted by atomic mass is 10.1. The van der Waals surface area contributed by atoms with Crippen LogP contribution in [0, 0.1) is 0 Å². The van der Waals surface area contributed by atoms with Gasteiger partial charge in [0, 0.05) is 14.9 Å². The summed E-state index contributed by atoms with van der Waals surface area (Å²) in [7, 11) is 1.61. The first kappa shape index (κ1) is 15.9. The van der Waals surface area contributed by atoms with Crippen LogP contribution in [0.25, 0.3) is 6.08 Å². The van der Waals surface area contributed by atoms with E-state index in [-0.39, 0.29) is 5.78 Å². The van der Waals surface area contributed by atoms with Gasteiger partial charge in [-0.2, -0.15) is 0 Å². The molecule has 0 spiro atoms. The summed E-state index contributed by atoms with van der Waals surface area (Å²) in [6.45, 7) is 0. The predicted octanol–water partition coefficient (Wildman–Crippen LogP) is 5.08. The Morgan fingerprint density at radius 3 is 2.67 bits per heavy atom. The van der Waals surface area contributed by atoms with Crippen molar-refractivity contribution in [1.82, 2.24) is 0 Å². The van der Waals surface area contributed by atoms with Crippen LogP contribution in [-0.4, -0.2) is 19.1 Å². The summed E-state index contributed by atoms with van der Waals surface area (Å²) in [4.78, 5) is 13.3. The Hall–Kier alpha value is -1.52. The molecule has 0 bridgehead atoms. The molecule has 2 aromatic carbocycles. The van der Waals surface area contributed by atoms with Gasteiger partial charge in [-0.05, 0) is 48.2 Å². The normalized spacial score (nSPS) is 10.8. The number of rotatable bonds is 5. The Labute approximate surface area is 137 Å². The number of ether oxygens (including phenoxy) is 1. The average Bonchev–Trinajstić information content (AvgIpc) is 2.53. The molecule has 2 nitrogen and oxygen atoms in total. The van der Waals surface area contributed by atoms with Gasteiger partial charge in [0.2, 0.25) is 0 Å². The summed E-state index contributed by atoms with van der Waals surface area (Å²) < 4.78 is 6.27. The van der Waals surface area contributed by atoms with Gasteiger partial charge in [-0.3, -0.25) is 4.79 Å². The average molecular weight is 363 g/mol. The molecule has 4 heteroatoms. The number of ketones is 1. The van der Waals surface area contributed by atoms with Gasteiger partial charge >= 0.3 is 0 Å². The maximum Gasteiger partial charge on any atom is 0.185 e. The molecule has 0 unspecified atom stereocenters. The highest BCUT2D eigenvalue weighted by Gasteiger charge is 2.07. The van der Waals surface area contributed by atoms with Crippen molar-refractivity contribution in [3.05, 3.63) is 64.1 Å². The molecule has 21 heavy (non-hydrogen) atoms. The van der Waals surface area contributed by atoms with Gasteiger partial charge in [0.25, 0.3) is 0 Å². The molecule has 0 atom stereocenters. The second kappa shape index (κ2) is 7.48. The van der Waals surface area contributed by atoms with Crippen molar-refractivity contribution in [3.63, 3.8) is 0 Å². The molecular weight excluding hydrogens is 348 g/mol. The van der Waals surface area contributed by atoms with Gasteiger partial charge < -0.3 is 4.74 Å². The summed E-state index contributed by atoms with van der Waals surface area (Å²) in [5.41, 5.74) is 1.59. The van der Waals surface area contributed by atoms with E-state index in [1.807, 2.05) is 42.7 Å². The third-order valence-electron chi connectivity index (χ3n) is 2.99. The molecule has 0 fully saturated rings. The van der Waals surface area contributed by atoms with E-state index >= 15 is 0 Å². The van der Waals surface area contributed by atoms with E-state index in [0.29, 0.717) is 5.56 Å². The maximum absolute atomic E-state index is 12.2. The van der Waals surface area contributed by atoms with Crippen molar-refractivity contribution in [2.45, 2.75) is 4.90 Å². The molecule has 0 aliphatic heterocycles. The van der Waals surface area contributed by atoms with Crippen molar-refractivity contribution in [2.75, 3.05) is 13.4 Å². The third kappa shape index (κ3) is 3.99. The Kier molecular flexibility index (Phi) is 5.65. The molecule has 0 aliphatic carbocycles. The SMILES string of the molecule is COc1cc(C(=O)C=Cc2ccccc2Br)ccc1SC. The fourth-order valence-electron chi connectivity index (χ4n) is 1.86. The lowest BCUT2D eigenvalue weighted by Gasteiger charge is -2.07. The summed E-state index contributed by atoms with van der Waals surface area (Å²) in [6.07, 6.45) is 5.36. The molecule has 2 rings (SSSR count). The Bertz CT molecular complexity index is 680. The summed E-state index contributed by atoms with van der Waals surface area (Å²) in [5, 5.41) is 0. The summed E-state index contributed by atoms with van der Waals surface area (Å²) in [6, 6.07) is 13.3. The molecule has 2 aromatic rings. The summed E-state index contributed by atoms with van der Waals surface area (Å²) >= 11 is 5.05. The van der Waals surface area contributed by atoms with E-state index in [4.69, 9.17) is 4.74 Å². The lowest BCUT2D eigenvalue weighted by molar-refractivity contribution is 0.104. The number of hydrogen-bond acceptors (Lipinski definition) is 3. The van der Waals surface area contributed by atoms with Gasteiger partial charge in [0.15, 0.2) is 5.78 Å². The number of carbonyl (C=O) groups excluding carboxylic acids is 1. The monoisotopic (exact) mass is 362 g/mol. The second-order valence-corrected chi connectivity index (χ2v) is 5.99. The predicted molar refractivity (Wildman–Crippen MR) is 92.3 cm³/mol. The van der Waals surface area contributed by atoms with Gasteiger partial charge in [0.05, 0.1) is 7.11 Å². The number of benzene rings is 2. The van der Waals surface area contributed by atoms with E-state index in [1.165, 1.54) is 0 Å². The van der Waals surface area contributed by atoms with Crippen LogP contribution < -0.4 is 4.74 Å². The molecule has 0 amide bonds. The molecule has 0 saturated heterocycles. The van der Waals surface area contributed by atoms with Gasteiger partial charge in [-0.25, -0.2) is 0 Å². The minimum absolute atomic E-state index is 0.0447. The van der Waals surface area contributed by atoms with Crippen molar-refractivity contribution < 1.29 is 9.53 Å². The topological polar surface area (TPSA) is 26.3 Å². The number of halogens is 1. The van der Waals surface area contributed by atoms with E-state index in [9.17, 15) is 4.79 Å². The number of methoxy groups -OCH3 is 1. The van der Waals surface area contributed by atoms with Crippen molar-refractivity contribution in [3.8, 4) is 5.75 Å². The number of thioether (sulfide) groups is 1. The molecule has 108 valence electrons. The quantitative estimate of drug-likeness (QED) is 0.421. The number of carbonyl (C=O) groups is 1. The first-order chi connectivity index (χ1) is 10.2. The van der Waals surface area contributed by atoms with Gasteiger partial charge in [-0.15, -0.1) is 11.8 Å². The standard InChI is InChI=1S/C17H15BrO2S/c1-20-16-11-13(8-10-17(16)21-2)15(19)9-7-12-5-3-4-6-14(12)18/h3-11H,1-2H3. The Morgan fingerprint density at radius 2 is 2.00 bits per heavy atom. The van der Waals surface area contributed by atoms with Crippen LogP contribution in [0.1, 0.15) is 15.9 Å². The minimum atomic E-state index is -0.0447. The van der Waals surface area contributed by atoms with Crippen molar-refractivity contribution in [2.24, 2.45) is 0 Å². The van der Waals surface area contributed by atoms with E-state index < -0.39 is 0 Å². The highest BCUT2D eigenvalue weighted by atomic mass is 79.9. The second-order valence-electron chi connectivity index (χ2n) is 4.29. The van der Waals surface area contributed by atoms with E-state index in [1.54, 1.807) is 37.1 Å². The largest absolute Gasteiger partial charge is 0.496 e. The molecular formula is C17H15BrO2S. The van der Waals surface area contributed by atoms with Crippen LogP contribution in [-0.2, 0) is 0 Å². The van der Waals surface area contributed by atoms with Crippen molar-refractivity contribution >= 4 is 39.6 Å². The maximum atomic E-state index is 12.2. The molecule has 0 heterocycles. The Morgan fingerprint density at radius 1 is 1.24 bits per heavy atom. The van der Waals surface area contributed by atoms with Gasteiger partial charge in [-0.1, -0.05) is 34.1 Å². The van der Waals surface area contributed by atoms with Crippen LogP contribution in [0.5, 0.6) is 5.75 Å². The highest BCUT2D eigenvalue weighted by molar-refractivity contribution is 9.10. The molecule has 0 radical (unpaired) electrons. The number of hydrogen-bond donors (Lipinski definition) is 0. The first-order valence-corrected chi connectivity index (χ1v) is 8.36. The lowest BCUT2D eigenvalue weighted by Crippen LogP contribution is -1.96. The van der Waals surface area contributed by atoms with Gasteiger partial charge in [0.1, 0.15) is 5.75 Å². The number of allylic oxidation sites excluding steroid dienone is 1. The van der Waals surface area contributed by atoms with Crippen molar-refractivity contribution in [1.29, 1.82) is 0 Å². The third-order valence-corrected chi connectivity index (χ3v) is 4.49. The van der Waals surface area contributed by atoms with E-state index in [2.05, 4.69) is 15.9 Å². The molecule has 0 aliphatic rings. The van der Waals surface area contributed by atoms with Crippen LogP contribution in [0.15, 0.2) is 57.9 Å². The molecule has 0 aromatic heterocycles. The zero-order chi connectivity index (χ0) is 15.2. The van der Waals surface area contributed by atoms with Crippen LogP contribution in [0.4, 0.5) is 0 Å². The molecule has 0 saturated carbocycles. The zero-order valence-corrected chi connectivity index (χ0v) is 14.2.